The molecule has 1 unspecified atom stereocenters. The van der Waals surface area contributed by atoms with E-state index in [2.05, 4.69) is 14.5 Å². The predicted octanol–water partition coefficient (Wildman–Crippen LogP) is 2.20. The molecule has 0 spiro atoms. The van der Waals surface area contributed by atoms with Crippen LogP contribution in [0.25, 0.3) is 11.4 Å². The van der Waals surface area contributed by atoms with Crippen molar-refractivity contribution in [2.24, 2.45) is 0 Å². The molecule has 0 saturated carbocycles. The summed E-state index contributed by atoms with van der Waals surface area (Å²) in [6, 6.07) is 0. The van der Waals surface area contributed by atoms with Gasteiger partial charge in [-0.1, -0.05) is 18.5 Å². The molecule has 6 heteroatoms. The molecule has 86 valence electrons. The maximum Gasteiger partial charge on any atom is 0.258 e. The minimum atomic E-state index is -1.05. The zero-order chi connectivity index (χ0) is 11.6. The normalized spacial score (nSPS) is 14.9. The third kappa shape index (κ3) is 2.12. The van der Waals surface area contributed by atoms with E-state index in [1.165, 1.54) is 11.5 Å². The minimum Gasteiger partial charge on any atom is -0.380 e. The van der Waals surface area contributed by atoms with Gasteiger partial charge in [0.15, 0.2) is 0 Å². The Morgan fingerprint density at radius 3 is 3.00 bits per heavy atom. The van der Waals surface area contributed by atoms with Gasteiger partial charge >= 0.3 is 0 Å². The Morgan fingerprint density at radius 2 is 2.38 bits per heavy atom. The fourth-order valence-electron chi connectivity index (χ4n) is 1.47. The van der Waals surface area contributed by atoms with Gasteiger partial charge in [-0.25, -0.2) is 4.37 Å². The molecule has 2 rings (SSSR count). The van der Waals surface area contributed by atoms with Crippen molar-refractivity contribution in [1.29, 1.82) is 0 Å². The van der Waals surface area contributed by atoms with Crippen molar-refractivity contribution in [3.63, 3.8) is 0 Å². The van der Waals surface area contributed by atoms with E-state index in [0.717, 1.165) is 12.0 Å². The summed E-state index contributed by atoms with van der Waals surface area (Å²) >= 11 is 1.33. The lowest BCUT2D eigenvalue weighted by Gasteiger charge is -2.16. The number of hydrogen-bond acceptors (Lipinski definition) is 6. The van der Waals surface area contributed by atoms with Crippen molar-refractivity contribution in [3.05, 3.63) is 17.5 Å². The Labute approximate surface area is 97.3 Å². The summed E-state index contributed by atoms with van der Waals surface area (Å²) in [6.45, 7) is 3.67. The molecule has 0 bridgehead atoms. The summed E-state index contributed by atoms with van der Waals surface area (Å²) in [5, 5.41) is 15.8. The van der Waals surface area contributed by atoms with Crippen LogP contribution in [0.3, 0.4) is 0 Å². The lowest BCUT2D eigenvalue weighted by molar-refractivity contribution is 0.0138. The van der Waals surface area contributed by atoms with E-state index in [0.29, 0.717) is 12.2 Å². The molecule has 0 aliphatic heterocycles. The highest BCUT2D eigenvalue weighted by Crippen LogP contribution is 2.26. The average molecular weight is 239 g/mol. The number of nitrogens with zero attached hydrogens (tertiary/aromatic N) is 3. The summed E-state index contributed by atoms with van der Waals surface area (Å²) in [4.78, 5) is 4.18. The third-order valence-electron chi connectivity index (χ3n) is 2.31. The van der Waals surface area contributed by atoms with Crippen LogP contribution in [0, 0.1) is 0 Å². The SMILES string of the molecule is CCCC(C)(O)c1nc(-c2cnsc2)no1. The third-order valence-corrected chi connectivity index (χ3v) is 2.90. The van der Waals surface area contributed by atoms with E-state index in [4.69, 9.17) is 4.52 Å². The van der Waals surface area contributed by atoms with Crippen LogP contribution < -0.4 is 0 Å². The fraction of sp³-hybridized carbons (Fsp3) is 0.500. The van der Waals surface area contributed by atoms with Crippen LogP contribution in [0.4, 0.5) is 0 Å². The fourth-order valence-corrected chi connectivity index (χ4v) is 1.98. The Kier molecular flexibility index (Phi) is 3.02. The first-order valence-corrected chi connectivity index (χ1v) is 5.93. The zero-order valence-corrected chi connectivity index (χ0v) is 9.99. The van der Waals surface area contributed by atoms with E-state index in [-0.39, 0.29) is 5.89 Å². The predicted molar refractivity (Wildman–Crippen MR) is 59.9 cm³/mol. The van der Waals surface area contributed by atoms with Crippen LogP contribution in [-0.2, 0) is 5.60 Å². The van der Waals surface area contributed by atoms with E-state index < -0.39 is 5.60 Å². The Hall–Kier alpha value is -1.27. The summed E-state index contributed by atoms with van der Waals surface area (Å²) in [5.74, 6) is 0.732. The van der Waals surface area contributed by atoms with Crippen molar-refractivity contribution >= 4 is 11.5 Å². The van der Waals surface area contributed by atoms with Crippen molar-refractivity contribution in [2.75, 3.05) is 0 Å². The molecule has 2 aromatic rings. The van der Waals surface area contributed by atoms with Crippen molar-refractivity contribution in [3.8, 4) is 11.4 Å². The second-order valence-corrected chi connectivity index (χ2v) is 4.52. The van der Waals surface area contributed by atoms with Crippen LogP contribution in [0.5, 0.6) is 0 Å². The molecule has 0 aliphatic rings. The van der Waals surface area contributed by atoms with Gasteiger partial charge < -0.3 is 9.63 Å². The van der Waals surface area contributed by atoms with Gasteiger partial charge in [0.25, 0.3) is 5.89 Å². The average Bonchev–Trinajstić information content (AvgIpc) is 2.89. The molecule has 0 radical (unpaired) electrons. The monoisotopic (exact) mass is 239 g/mol. The smallest absolute Gasteiger partial charge is 0.258 e. The van der Waals surface area contributed by atoms with E-state index in [1.807, 2.05) is 12.3 Å². The van der Waals surface area contributed by atoms with Gasteiger partial charge in [0.05, 0.1) is 11.8 Å². The molecule has 5 nitrogen and oxygen atoms in total. The molecule has 2 aromatic heterocycles. The summed E-state index contributed by atoms with van der Waals surface area (Å²) in [7, 11) is 0. The molecule has 16 heavy (non-hydrogen) atoms. The number of hydrogen-bond donors (Lipinski definition) is 1. The second-order valence-electron chi connectivity index (χ2n) is 3.86. The molecule has 0 aromatic carbocycles. The maximum atomic E-state index is 10.1. The number of aliphatic hydroxyl groups is 1. The van der Waals surface area contributed by atoms with Gasteiger partial charge in [-0.15, -0.1) is 0 Å². The van der Waals surface area contributed by atoms with Gasteiger partial charge in [-0.05, 0) is 24.9 Å². The summed E-state index contributed by atoms with van der Waals surface area (Å²) in [5.41, 5.74) is -0.240. The van der Waals surface area contributed by atoms with Gasteiger partial charge in [0.1, 0.15) is 5.60 Å². The Balaban J connectivity index is 2.26. The first-order valence-electron chi connectivity index (χ1n) is 5.10. The van der Waals surface area contributed by atoms with Gasteiger partial charge in [0.2, 0.25) is 5.82 Å². The van der Waals surface area contributed by atoms with Crippen LogP contribution in [-0.4, -0.2) is 19.6 Å². The lowest BCUT2D eigenvalue weighted by Crippen LogP contribution is -2.21. The van der Waals surface area contributed by atoms with Gasteiger partial charge in [-0.2, -0.15) is 4.98 Å². The first-order chi connectivity index (χ1) is 7.63. The minimum absolute atomic E-state index is 0.260. The lowest BCUT2D eigenvalue weighted by atomic mass is 10.0. The molecular formula is C10H13N3O2S. The largest absolute Gasteiger partial charge is 0.380 e. The topological polar surface area (TPSA) is 72.0 Å². The molecule has 0 saturated heterocycles. The van der Waals surface area contributed by atoms with Crippen molar-refractivity contribution in [1.82, 2.24) is 14.5 Å². The molecular weight excluding hydrogens is 226 g/mol. The van der Waals surface area contributed by atoms with Crippen LogP contribution in [0.1, 0.15) is 32.6 Å². The maximum absolute atomic E-state index is 10.1. The highest BCUT2D eigenvalue weighted by atomic mass is 32.1. The van der Waals surface area contributed by atoms with E-state index >= 15 is 0 Å². The van der Waals surface area contributed by atoms with Crippen molar-refractivity contribution in [2.45, 2.75) is 32.3 Å². The van der Waals surface area contributed by atoms with Crippen LogP contribution in [0.2, 0.25) is 0 Å². The highest BCUT2D eigenvalue weighted by Gasteiger charge is 2.29. The molecule has 2 heterocycles. The Morgan fingerprint density at radius 1 is 1.56 bits per heavy atom. The van der Waals surface area contributed by atoms with Gasteiger partial charge in [0, 0.05) is 5.38 Å². The van der Waals surface area contributed by atoms with E-state index in [9.17, 15) is 5.11 Å². The molecule has 0 amide bonds. The van der Waals surface area contributed by atoms with E-state index in [1.54, 1.807) is 13.1 Å². The van der Waals surface area contributed by atoms with Gasteiger partial charge in [-0.3, -0.25) is 0 Å². The first kappa shape index (κ1) is 11.2. The summed E-state index contributed by atoms with van der Waals surface area (Å²) < 4.78 is 9.04. The second kappa shape index (κ2) is 4.31. The quantitative estimate of drug-likeness (QED) is 0.885. The standard InChI is InChI=1S/C10H13N3O2S/c1-3-4-10(2,14)9-12-8(13-15-9)7-5-11-16-6-7/h5-6,14H,3-4H2,1-2H3. The van der Waals surface area contributed by atoms with Crippen LogP contribution in [0.15, 0.2) is 16.1 Å². The number of aromatic nitrogens is 3. The molecule has 1 atom stereocenters. The molecule has 0 fully saturated rings. The Bertz CT molecular complexity index is 450. The molecule has 0 aliphatic carbocycles. The highest BCUT2D eigenvalue weighted by molar-refractivity contribution is 7.03. The zero-order valence-electron chi connectivity index (χ0n) is 9.17. The number of rotatable bonds is 4. The van der Waals surface area contributed by atoms with Crippen LogP contribution >= 0.6 is 11.5 Å². The summed E-state index contributed by atoms with van der Waals surface area (Å²) in [6.07, 6.45) is 3.12. The molecule has 1 N–H and O–H groups in total. The van der Waals surface area contributed by atoms with Crippen molar-refractivity contribution < 1.29 is 9.63 Å².